The van der Waals surface area contributed by atoms with Crippen molar-refractivity contribution in [2.24, 2.45) is 0 Å². The number of ketones is 1. The first-order valence-corrected chi connectivity index (χ1v) is 12.5. The van der Waals surface area contributed by atoms with E-state index in [1.165, 1.54) is 40.5 Å². The van der Waals surface area contributed by atoms with Crippen molar-refractivity contribution < 1.29 is 19.6 Å². The maximum Gasteiger partial charge on any atom is 0.301 e. The van der Waals surface area contributed by atoms with Crippen LogP contribution in [0.5, 0.6) is 0 Å². The number of nitrogens with zero attached hydrogens (tertiary/aromatic N) is 5. The van der Waals surface area contributed by atoms with Gasteiger partial charge in [0, 0.05) is 23.4 Å². The van der Waals surface area contributed by atoms with Crippen LogP contribution >= 0.6 is 22.9 Å². The lowest BCUT2D eigenvalue weighted by Crippen LogP contribution is -2.29. The molecule has 3 aromatic heterocycles. The van der Waals surface area contributed by atoms with Crippen molar-refractivity contribution >= 4 is 67.1 Å². The van der Waals surface area contributed by atoms with Gasteiger partial charge in [-0.3, -0.25) is 29.0 Å². The quantitative estimate of drug-likeness (QED) is 0.105. The summed E-state index contributed by atoms with van der Waals surface area (Å²) in [5.74, 6) is -2.20. The largest absolute Gasteiger partial charge is 0.505 e. The van der Waals surface area contributed by atoms with Crippen LogP contribution in [0.4, 0.5) is 10.8 Å². The van der Waals surface area contributed by atoms with E-state index in [1.807, 2.05) is 0 Å². The molecule has 1 atom stereocenters. The fourth-order valence-electron chi connectivity index (χ4n) is 4.64. The van der Waals surface area contributed by atoms with Gasteiger partial charge in [-0.25, -0.2) is 9.97 Å². The Balaban J connectivity index is 1.60. The number of imidazole rings is 1. The highest BCUT2D eigenvalue weighted by atomic mass is 35.5. The highest BCUT2D eigenvalue weighted by molar-refractivity contribution is 7.22. The number of anilines is 1. The zero-order valence-electron chi connectivity index (χ0n) is 19.5. The smallest absolute Gasteiger partial charge is 0.301 e. The van der Waals surface area contributed by atoms with Crippen LogP contribution in [0.25, 0.3) is 21.6 Å². The number of nitro benzene ring substituents is 1. The van der Waals surface area contributed by atoms with Gasteiger partial charge in [-0.1, -0.05) is 29.0 Å². The molecule has 188 valence electrons. The Labute approximate surface area is 223 Å². The molecule has 1 fully saturated rings. The van der Waals surface area contributed by atoms with Gasteiger partial charge in [0.2, 0.25) is 0 Å². The number of nitro groups is 1. The molecule has 1 aliphatic rings. The number of rotatable bonds is 4. The van der Waals surface area contributed by atoms with Gasteiger partial charge in [0.05, 0.1) is 32.4 Å². The fourth-order valence-corrected chi connectivity index (χ4v) is 5.91. The predicted molar refractivity (Wildman–Crippen MR) is 142 cm³/mol. The van der Waals surface area contributed by atoms with Crippen molar-refractivity contribution in [1.29, 1.82) is 0 Å². The molecule has 12 heteroatoms. The topological polar surface area (TPSA) is 131 Å². The molecule has 10 nitrogen and oxygen atoms in total. The molecular formula is C26H16ClN5O5S. The second kappa shape index (κ2) is 8.75. The Morgan fingerprint density at radius 2 is 1.87 bits per heavy atom. The standard InChI is InChI=1S/C26H16ClN5O5S/c1-13-21(30-11-3-2-4-19(30)28-13)23(33)20-22(14-5-8-16(9-6-14)32(36)37)31(25(35)24(20)34)26-29-17-10-7-15(27)12-18(17)38-26/h2-12,22,33H,1H3. The summed E-state index contributed by atoms with van der Waals surface area (Å²) in [5, 5.41) is 23.5. The van der Waals surface area contributed by atoms with Gasteiger partial charge in [-0.05, 0) is 55.0 Å². The number of pyridine rings is 1. The summed E-state index contributed by atoms with van der Waals surface area (Å²) in [6.45, 7) is 1.69. The summed E-state index contributed by atoms with van der Waals surface area (Å²) in [5.41, 5.74) is 1.92. The molecule has 6 rings (SSSR count). The van der Waals surface area contributed by atoms with Crippen LogP contribution in [0.3, 0.4) is 0 Å². The number of carbonyl (C=O) groups is 2. The average molecular weight is 546 g/mol. The first-order valence-electron chi connectivity index (χ1n) is 11.3. The van der Waals surface area contributed by atoms with Gasteiger partial charge in [0.15, 0.2) is 10.9 Å². The first-order chi connectivity index (χ1) is 18.2. The van der Waals surface area contributed by atoms with Crippen molar-refractivity contribution in [3.8, 4) is 0 Å². The van der Waals surface area contributed by atoms with Crippen LogP contribution in [-0.2, 0) is 9.59 Å². The van der Waals surface area contributed by atoms with E-state index in [4.69, 9.17) is 11.6 Å². The zero-order chi connectivity index (χ0) is 26.7. The maximum atomic E-state index is 13.5. The molecule has 1 saturated heterocycles. The number of aryl methyl sites for hydroxylation is 1. The van der Waals surface area contributed by atoms with E-state index in [0.29, 0.717) is 32.1 Å². The lowest BCUT2D eigenvalue weighted by molar-refractivity contribution is -0.384. The predicted octanol–water partition coefficient (Wildman–Crippen LogP) is 5.44. The molecule has 38 heavy (non-hydrogen) atoms. The highest BCUT2D eigenvalue weighted by Gasteiger charge is 2.48. The molecule has 0 radical (unpaired) electrons. The van der Waals surface area contributed by atoms with Crippen LogP contribution in [0, 0.1) is 17.0 Å². The molecular weight excluding hydrogens is 530 g/mol. The third-order valence-electron chi connectivity index (χ3n) is 6.34. The molecule has 5 aromatic rings. The molecule has 0 bridgehead atoms. The number of thiazole rings is 1. The number of aromatic nitrogens is 3. The number of fused-ring (bicyclic) bond motifs is 2. The van der Waals surface area contributed by atoms with Gasteiger partial charge in [0.25, 0.3) is 11.5 Å². The SMILES string of the molecule is Cc1nc2ccccn2c1C(O)=C1C(=O)C(=O)N(c2nc3ccc(Cl)cc3s2)C1c1ccc([N+](=O)[O-])cc1. The van der Waals surface area contributed by atoms with E-state index in [1.54, 1.807) is 53.9 Å². The first kappa shape index (κ1) is 23.8. The molecule has 1 unspecified atom stereocenters. The minimum absolute atomic E-state index is 0.155. The number of aliphatic hydroxyl groups is 1. The molecule has 1 amide bonds. The summed E-state index contributed by atoms with van der Waals surface area (Å²) in [4.78, 5) is 47.9. The molecule has 4 heterocycles. The molecule has 0 saturated carbocycles. The van der Waals surface area contributed by atoms with Crippen LogP contribution in [-0.4, -0.2) is 36.1 Å². The Morgan fingerprint density at radius 1 is 1.11 bits per heavy atom. The zero-order valence-corrected chi connectivity index (χ0v) is 21.1. The molecule has 1 N–H and O–H groups in total. The number of aliphatic hydroxyl groups excluding tert-OH is 1. The average Bonchev–Trinajstić information content (AvgIpc) is 3.54. The summed E-state index contributed by atoms with van der Waals surface area (Å²) in [6, 6.07) is 14.8. The molecule has 1 aliphatic heterocycles. The number of benzene rings is 2. The number of Topliss-reactive ketones (excluding diaryl/α,β-unsaturated/α-hetero) is 1. The molecule has 2 aromatic carbocycles. The fraction of sp³-hybridized carbons (Fsp3) is 0.0769. The van der Waals surface area contributed by atoms with Crippen molar-refractivity contribution in [3.63, 3.8) is 0 Å². The number of halogens is 1. The van der Waals surface area contributed by atoms with Crippen LogP contribution in [0.1, 0.15) is 23.0 Å². The van der Waals surface area contributed by atoms with E-state index in [0.717, 1.165) is 0 Å². The van der Waals surface area contributed by atoms with Gasteiger partial charge in [0.1, 0.15) is 11.3 Å². The third kappa shape index (κ3) is 3.63. The van der Waals surface area contributed by atoms with E-state index < -0.39 is 28.4 Å². The number of hydrogen-bond donors (Lipinski definition) is 1. The van der Waals surface area contributed by atoms with Gasteiger partial charge >= 0.3 is 5.91 Å². The lowest BCUT2D eigenvalue weighted by Gasteiger charge is -2.22. The Kier molecular flexibility index (Phi) is 5.47. The van der Waals surface area contributed by atoms with Crippen LogP contribution in [0.15, 0.2) is 72.4 Å². The third-order valence-corrected chi connectivity index (χ3v) is 7.59. The Bertz CT molecular complexity index is 1840. The van der Waals surface area contributed by atoms with E-state index in [9.17, 15) is 24.8 Å². The minimum atomic E-state index is -1.10. The Hall–Kier alpha value is -4.61. The van der Waals surface area contributed by atoms with Crippen LogP contribution in [0.2, 0.25) is 5.02 Å². The van der Waals surface area contributed by atoms with Crippen molar-refractivity contribution in [1.82, 2.24) is 14.4 Å². The van der Waals surface area contributed by atoms with Crippen molar-refractivity contribution in [3.05, 3.63) is 105 Å². The second-order valence-electron chi connectivity index (χ2n) is 8.60. The van der Waals surface area contributed by atoms with E-state index in [2.05, 4.69) is 9.97 Å². The summed E-state index contributed by atoms with van der Waals surface area (Å²) in [7, 11) is 0. The number of hydrogen-bond acceptors (Lipinski definition) is 8. The van der Waals surface area contributed by atoms with Gasteiger partial charge < -0.3 is 5.11 Å². The number of carbonyl (C=O) groups excluding carboxylic acids is 2. The molecule has 0 aliphatic carbocycles. The highest BCUT2D eigenvalue weighted by Crippen LogP contribution is 2.45. The second-order valence-corrected chi connectivity index (χ2v) is 10.0. The summed E-state index contributed by atoms with van der Waals surface area (Å²) < 4.78 is 2.33. The normalized spacial score (nSPS) is 17.1. The number of non-ortho nitro benzene ring substituents is 1. The summed E-state index contributed by atoms with van der Waals surface area (Å²) in [6.07, 6.45) is 1.69. The molecule has 0 spiro atoms. The van der Waals surface area contributed by atoms with Crippen LogP contribution < -0.4 is 4.90 Å². The van der Waals surface area contributed by atoms with Gasteiger partial charge in [-0.2, -0.15) is 0 Å². The monoisotopic (exact) mass is 545 g/mol. The van der Waals surface area contributed by atoms with Crippen molar-refractivity contribution in [2.75, 3.05) is 4.90 Å². The van der Waals surface area contributed by atoms with E-state index in [-0.39, 0.29) is 22.1 Å². The van der Waals surface area contributed by atoms with Crippen molar-refractivity contribution in [2.45, 2.75) is 13.0 Å². The van der Waals surface area contributed by atoms with E-state index >= 15 is 0 Å². The Morgan fingerprint density at radius 3 is 2.61 bits per heavy atom. The lowest BCUT2D eigenvalue weighted by atomic mass is 9.96. The minimum Gasteiger partial charge on any atom is -0.505 e. The summed E-state index contributed by atoms with van der Waals surface area (Å²) >= 11 is 7.29. The van der Waals surface area contributed by atoms with Gasteiger partial charge in [-0.15, -0.1) is 0 Å². The number of amides is 1. The maximum absolute atomic E-state index is 13.5.